The number of morpholine rings is 1. The van der Waals surface area contributed by atoms with Gasteiger partial charge >= 0.3 is 0 Å². The molecule has 0 spiro atoms. The van der Waals surface area contributed by atoms with E-state index in [1.54, 1.807) is 0 Å². The molecule has 1 aromatic carbocycles. The Morgan fingerprint density at radius 3 is 2.84 bits per heavy atom. The minimum Gasteiger partial charge on any atom is -0.374 e. The van der Waals surface area contributed by atoms with Crippen molar-refractivity contribution in [2.75, 3.05) is 19.7 Å². The molecule has 0 saturated carbocycles. The summed E-state index contributed by atoms with van der Waals surface area (Å²) in [5.41, 5.74) is 6.60. The van der Waals surface area contributed by atoms with Gasteiger partial charge in [-0.25, -0.2) is 4.39 Å². The Morgan fingerprint density at radius 1 is 1.47 bits per heavy atom. The monoisotopic (exact) mass is 330 g/mol. The van der Waals surface area contributed by atoms with Crippen molar-refractivity contribution in [1.29, 1.82) is 0 Å². The van der Waals surface area contributed by atoms with Gasteiger partial charge in [-0.15, -0.1) is 0 Å². The van der Waals surface area contributed by atoms with Crippen LogP contribution in [0.15, 0.2) is 22.7 Å². The fraction of sp³-hybridized carbons (Fsp3) is 0.571. The number of benzene rings is 1. The van der Waals surface area contributed by atoms with E-state index >= 15 is 0 Å². The first kappa shape index (κ1) is 14.9. The van der Waals surface area contributed by atoms with E-state index in [4.69, 9.17) is 10.5 Å². The summed E-state index contributed by atoms with van der Waals surface area (Å²) in [5.74, 6) is -0.175. The highest BCUT2D eigenvalue weighted by molar-refractivity contribution is 9.10. The largest absolute Gasteiger partial charge is 0.374 e. The fourth-order valence-corrected chi connectivity index (χ4v) is 2.74. The number of ether oxygens (including phenoxy) is 1. The van der Waals surface area contributed by atoms with Crippen LogP contribution >= 0.6 is 15.9 Å². The van der Waals surface area contributed by atoms with Crippen molar-refractivity contribution in [3.63, 3.8) is 0 Å². The molecule has 1 heterocycles. The second kappa shape index (κ2) is 6.31. The van der Waals surface area contributed by atoms with Gasteiger partial charge in [-0.3, -0.25) is 4.90 Å². The van der Waals surface area contributed by atoms with Crippen LogP contribution in [0.25, 0.3) is 0 Å². The number of hydrogen-bond donors (Lipinski definition) is 1. The van der Waals surface area contributed by atoms with Gasteiger partial charge in [0.15, 0.2) is 0 Å². The number of nitrogens with zero attached hydrogens (tertiary/aromatic N) is 1. The Bertz CT molecular complexity index is 441. The molecule has 0 amide bonds. The van der Waals surface area contributed by atoms with Gasteiger partial charge in [0.05, 0.1) is 12.7 Å². The smallest absolute Gasteiger partial charge is 0.129 e. The number of halogens is 2. The van der Waals surface area contributed by atoms with Crippen LogP contribution in [0.5, 0.6) is 0 Å². The molecule has 0 radical (unpaired) electrons. The third-order valence-corrected chi connectivity index (χ3v) is 4.16. The van der Waals surface area contributed by atoms with E-state index in [2.05, 4.69) is 20.8 Å². The summed E-state index contributed by atoms with van der Waals surface area (Å²) in [6.45, 7) is 6.16. The minimum atomic E-state index is -0.175. The number of nitrogens with two attached hydrogens (primary N) is 1. The van der Waals surface area contributed by atoms with E-state index in [1.807, 2.05) is 26.0 Å². The van der Waals surface area contributed by atoms with E-state index in [-0.39, 0.29) is 24.0 Å². The van der Waals surface area contributed by atoms with Crippen LogP contribution in [-0.2, 0) is 4.74 Å². The molecular formula is C14H20BrFN2O. The summed E-state index contributed by atoms with van der Waals surface area (Å²) in [7, 11) is 0. The molecule has 2 rings (SSSR count). The lowest BCUT2D eigenvalue weighted by Crippen LogP contribution is -2.50. The van der Waals surface area contributed by atoms with Gasteiger partial charge in [0.1, 0.15) is 5.82 Å². The Morgan fingerprint density at radius 2 is 2.21 bits per heavy atom. The van der Waals surface area contributed by atoms with Crippen molar-refractivity contribution in [1.82, 2.24) is 4.90 Å². The second-order valence-corrected chi connectivity index (χ2v) is 6.02. The first-order valence-corrected chi connectivity index (χ1v) is 7.34. The normalized spacial score (nSPS) is 24.2. The third-order valence-electron chi connectivity index (χ3n) is 3.67. The fourth-order valence-electron chi connectivity index (χ4n) is 2.40. The second-order valence-electron chi connectivity index (χ2n) is 5.11. The van der Waals surface area contributed by atoms with E-state index in [0.29, 0.717) is 12.2 Å². The Labute approximate surface area is 122 Å². The molecule has 106 valence electrons. The number of rotatable bonds is 3. The van der Waals surface area contributed by atoms with Gasteiger partial charge in [-0.2, -0.15) is 0 Å². The van der Waals surface area contributed by atoms with Crippen LogP contribution in [-0.4, -0.2) is 36.7 Å². The van der Waals surface area contributed by atoms with Gasteiger partial charge in [-0.05, 0) is 26.0 Å². The van der Waals surface area contributed by atoms with Gasteiger partial charge in [0.25, 0.3) is 0 Å². The lowest BCUT2D eigenvalue weighted by molar-refractivity contribution is -0.0502. The van der Waals surface area contributed by atoms with Crippen LogP contribution in [0, 0.1) is 5.82 Å². The Kier molecular flexibility index (Phi) is 4.95. The zero-order chi connectivity index (χ0) is 14.0. The molecule has 0 aromatic heterocycles. The van der Waals surface area contributed by atoms with Gasteiger partial charge in [-0.1, -0.05) is 22.0 Å². The van der Waals surface area contributed by atoms with Crippen molar-refractivity contribution in [2.45, 2.75) is 32.0 Å². The molecule has 0 aliphatic carbocycles. The number of hydrogen-bond acceptors (Lipinski definition) is 3. The first-order valence-electron chi connectivity index (χ1n) is 6.55. The molecule has 1 aromatic rings. The molecule has 1 saturated heterocycles. The highest BCUT2D eigenvalue weighted by atomic mass is 79.9. The quantitative estimate of drug-likeness (QED) is 0.926. The highest BCUT2D eigenvalue weighted by Gasteiger charge is 2.28. The maximum atomic E-state index is 14.0. The Hall–Kier alpha value is -0.490. The molecular weight excluding hydrogens is 311 g/mol. The van der Waals surface area contributed by atoms with E-state index in [0.717, 1.165) is 17.6 Å². The average Bonchev–Trinajstić information content (AvgIpc) is 2.38. The summed E-state index contributed by atoms with van der Waals surface area (Å²) in [6.07, 6.45) is 0.0229. The van der Waals surface area contributed by atoms with Crippen LogP contribution < -0.4 is 5.73 Å². The maximum absolute atomic E-state index is 14.0. The average molecular weight is 331 g/mol. The van der Waals surface area contributed by atoms with Crippen molar-refractivity contribution in [3.05, 3.63) is 34.1 Å². The summed E-state index contributed by atoms with van der Waals surface area (Å²) in [5, 5.41) is 0. The molecule has 3 nitrogen and oxygen atoms in total. The molecule has 1 aliphatic heterocycles. The topological polar surface area (TPSA) is 38.5 Å². The predicted octanol–water partition coefficient (Wildman–Crippen LogP) is 2.70. The first-order chi connectivity index (χ1) is 8.99. The standard InChI is InChI=1S/C14H20BrFN2O/c1-9(17)14-8-18(5-6-19-14)10(2)12-4-3-11(15)7-13(12)16/h3-4,7,9-10,14H,5-6,8,17H2,1-2H3. The SMILES string of the molecule is CC(N)C1CN(C(C)c2ccc(Br)cc2F)CCO1. The summed E-state index contributed by atoms with van der Waals surface area (Å²) in [6, 6.07) is 5.23. The zero-order valence-electron chi connectivity index (χ0n) is 11.3. The molecule has 19 heavy (non-hydrogen) atoms. The lowest BCUT2D eigenvalue weighted by Gasteiger charge is -2.38. The van der Waals surface area contributed by atoms with E-state index in [1.165, 1.54) is 6.07 Å². The summed E-state index contributed by atoms with van der Waals surface area (Å²) < 4.78 is 20.4. The van der Waals surface area contributed by atoms with Crippen molar-refractivity contribution in [3.8, 4) is 0 Å². The third kappa shape index (κ3) is 3.54. The van der Waals surface area contributed by atoms with E-state index < -0.39 is 0 Å². The molecule has 3 unspecified atom stereocenters. The maximum Gasteiger partial charge on any atom is 0.129 e. The highest BCUT2D eigenvalue weighted by Crippen LogP contribution is 2.27. The summed E-state index contributed by atoms with van der Waals surface area (Å²) >= 11 is 3.28. The van der Waals surface area contributed by atoms with E-state index in [9.17, 15) is 4.39 Å². The van der Waals surface area contributed by atoms with Crippen molar-refractivity contribution >= 4 is 15.9 Å². The van der Waals surface area contributed by atoms with Gasteiger partial charge < -0.3 is 10.5 Å². The van der Waals surface area contributed by atoms with Crippen molar-refractivity contribution in [2.24, 2.45) is 5.73 Å². The van der Waals surface area contributed by atoms with Gasteiger partial charge in [0, 0.05) is 35.2 Å². The summed E-state index contributed by atoms with van der Waals surface area (Å²) in [4.78, 5) is 2.23. The van der Waals surface area contributed by atoms with Crippen LogP contribution in [0.3, 0.4) is 0 Å². The van der Waals surface area contributed by atoms with Crippen molar-refractivity contribution < 1.29 is 9.13 Å². The molecule has 5 heteroatoms. The molecule has 2 N–H and O–H groups in total. The molecule has 3 atom stereocenters. The lowest BCUT2D eigenvalue weighted by atomic mass is 10.0. The Balaban J connectivity index is 2.12. The minimum absolute atomic E-state index is 0.00948. The van der Waals surface area contributed by atoms with Crippen LogP contribution in [0.1, 0.15) is 25.5 Å². The molecule has 1 aliphatic rings. The van der Waals surface area contributed by atoms with Crippen LogP contribution in [0.4, 0.5) is 4.39 Å². The predicted molar refractivity (Wildman–Crippen MR) is 77.5 cm³/mol. The zero-order valence-corrected chi connectivity index (χ0v) is 12.9. The molecule has 0 bridgehead atoms. The van der Waals surface area contributed by atoms with Gasteiger partial charge in [0.2, 0.25) is 0 Å². The molecule has 1 fully saturated rings. The van der Waals surface area contributed by atoms with Crippen LogP contribution in [0.2, 0.25) is 0 Å².